The van der Waals surface area contributed by atoms with E-state index in [0.29, 0.717) is 39.9 Å². The van der Waals surface area contributed by atoms with Crippen LogP contribution in [-0.2, 0) is 22.7 Å². The third-order valence-corrected chi connectivity index (χ3v) is 6.63. The lowest BCUT2D eigenvalue weighted by Crippen LogP contribution is -2.34. The summed E-state index contributed by atoms with van der Waals surface area (Å²) in [6.07, 6.45) is -0.725. The maximum Gasteiger partial charge on any atom is 0.227 e. The Morgan fingerprint density at radius 3 is 2.26 bits per heavy atom. The molecule has 0 aromatic heterocycles. The zero-order valence-electron chi connectivity index (χ0n) is 22.7. The van der Waals surface area contributed by atoms with E-state index in [4.69, 9.17) is 28.5 Å². The molecule has 1 aliphatic rings. The number of amides is 1. The van der Waals surface area contributed by atoms with Crippen LogP contribution in [0.25, 0.3) is 0 Å². The molecular formula is C29H33FN2O7. The van der Waals surface area contributed by atoms with Crippen LogP contribution in [0.1, 0.15) is 22.8 Å². The molecule has 2 unspecified atom stereocenters. The van der Waals surface area contributed by atoms with Gasteiger partial charge in [-0.15, -0.1) is 0 Å². The van der Waals surface area contributed by atoms with Crippen LogP contribution in [0.5, 0.6) is 28.7 Å². The topological polar surface area (TPSA) is 87.7 Å². The molecule has 1 heterocycles. The van der Waals surface area contributed by atoms with E-state index in [1.807, 2.05) is 12.1 Å². The summed E-state index contributed by atoms with van der Waals surface area (Å²) >= 11 is 0. The Labute approximate surface area is 227 Å². The molecule has 0 aliphatic carbocycles. The Balaban J connectivity index is 1.62. The molecule has 0 spiro atoms. The molecule has 1 amide bonds. The lowest BCUT2D eigenvalue weighted by molar-refractivity contribution is -0.158. The van der Waals surface area contributed by atoms with Gasteiger partial charge in [0.2, 0.25) is 11.7 Å². The van der Waals surface area contributed by atoms with Gasteiger partial charge < -0.3 is 29.0 Å². The van der Waals surface area contributed by atoms with Gasteiger partial charge in [-0.3, -0.25) is 9.63 Å². The molecule has 1 saturated heterocycles. The number of hydroxylamine groups is 2. The summed E-state index contributed by atoms with van der Waals surface area (Å²) in [5.41, 5.74) is 1.91. The standard InChI is InChI=1S/C29H33FN2O7/c1-34-23-12-10-18(14-25(23)36-3)15-31-29(33)21-17-32(16-19-8-6-7-9-22(19)30)39-26(21)20-11-13-24(35-2)28(38-5)27(20)37-4/h6-14,21,26H,15-17H2,1-5H3,(H,31,33). The van der Waals surface area contributed by atoms with Gasteiger partial charge in [0.05, 0.1) is 48.0 Å². The first-order valence-electron chi connectivity index (χ1n) is 12.4. The summed E-state index contributed by atoms with van der Waals surface area (Å²) in [7, 11) is 7.68. The van der Waals surface area contributed by atoms with Crippen LogP contribution < -0.4 is 29.0 Å². The molecule has 0 radical (unpaired) electrons. The maximum absolute atomic E-state index is 14.4. The van der Waals surface area contributed by atoms with Gasteiger partial charge in [-0.1, -0.05) is 24.3 Å². The van der Waals surface area contributed by atoms with Gasteiger partial charge >= 0.3 is 0 Å². The normalized spacial score (nSPS) is 17.0. The molecule has 3 aromatic carbocycles. The highest BCUT2D eigenvalue weighted by Crippen LogP contribution is 2.47. The zero-order chi connectivity index (χ0) is 27.9. The molecule has 1 fully saturated rings. The molecule has 0 saturated carbocycles. The third kappa shape index (κ3) is 6.02. The largest absolute Gasteiger partial charge is 0.493 e. The smallest absolute Gasteiger partial charge is 0.227 e. The summed E-state index contributed by atoms with van der Waals surface area (Å²) in [5.74, 6) is 1.21. The Hall–Kier alpha value is -4.02. The monoisotopic (exact) mass is 540 g/mol. The molecule has 9 nitrogen and oxygen atoms in total. The van der Waals surface area contributed by atoms with Gasteiger partial charge in [0.15, 0.2) is 23.0 Å². The molecule has 4 rings (SSSR count). The van der Waals surface area contributed by atoms with Crippen LogP contribution in [0.2, 0.25) is 0 Å². The number of methoxy groups -OCH3 is 5. The minimum Gasteiger partial charge on any atom is -0.493 e. The lowest BCUT2D eigenvalue weighted by atomic mass is 9.94. The van der Waals surface area contributed by atoms with Crippen LogP contribution in [0, 0.1) is 11.7 Å². The summed E-state index contributed by atoms with van der Waals surface area (Å²) in [5, 5.41) is 4.60. The Morgan fingerprint density at radius 2 is 1.59 bits per heavy atom. The Morgan fingerprint density at radius 1 is 0.897 bits per heavy atom. The summed E-state index contributed by atoms with van der Waals surface area (Å²) in [4.78, 5) is 19.8. The van der Waals surface area contributed by atoms with Crippen LogP contribution in [-0.4, -0.2) is 53.1 Å². The second-order valence-electron chi connectivity index (χ2n) is 8.88. The predicted molar refractivity (Wildman–Crippen MR) is 142 cm³/mol. The van der Waals surface area contributed by atoms with Crippen molar-refractivity contribution in [1.29, 1.82) is 0 Å². The van der Waals surface area contributed by atoms with Crippen molar-refractivity contribution >= 4 is 5.91 Å². The zero-order valence-corrected chi connectivity index (χ0v) is 22.7. The molecule has 39 heavy (non-hydrogen) atoms. The fraction of sp³-hybridized carbons (Fsp3) is 0.345. The Kier molecular flexibility index (Phi) is 9.11. The van der Waals surface area contributed by atoms with Gasteiger partial charge in [-0.05, 0) is 35.9 Å². The predicted octanol–water partition coefficient (Wildman–Crippen LogP) is 4.29. The number of carbonyl (C=O) groups is 1. The van der Waals surface area contributed by atoms with Crippen molar-refractivity contribution in [2.75, 3.05) is 42.1 Å². The van der Waals surface area contributed by atoms with Gasteiger partial charge in [0, 0.05) is 24.2 Å². The number of carbonyl (C=O) groups excluding carboxylic acids is 1. The maximum atomic E-state index is 14.4. The number of nitrogens with one attached hydrogen (secondary N) is 1. The number of rotatable bonds is 11. The van der Waals surface area contributed by atoms with E-state index in [2.05, 4.69) is 5.32 Å². The van der Waals surface area contributed by atoms with Crippen molar-refractivity contribution in [1.82, 2.24) is 10.4 Å². The van der Waals surface area contributed by atoms with E-state index in [1.54, 1.807) is 55.7 Å². The first-order valence-corrected chi connectivity index (χ1v) is 12.4. The first-order chi connectivity index (χ1) is 18.9. The quantitative estimate of drug-likeness (QED) is 0.386. The van der Waals surface area contributed by atoms with Crippen molar-refractivity contribution in [2.24, 2.45) is 5.92 Å². The first kappa shape index (κ1) is 28.0. The summed E-state index contributed by atoms with van der Waals surface area (Å²) in [6.45, 7) is 0.658. The SMILES string of the molecule is COc1ccc(CNC(=O)C2CN(Cc3ccccc3F)OC2c2ccc(OC)c(OC)c2OC)cc1OC. The fourth-order valence-electron chi connectivity index (χ4n) is 4.66. The molecule has 10 heteroatoms. The number of halogens is 1. The minimum absolute atomic E-state index is 0.165. The van der Waals surface area contributed by atoms with Gasteiger partial charge in [0.1, 0.15) is 11.9 Å². The van der Waals surface area contributed by atoms with Crippen molar-refractivity contribution in [3.05, 3.63) is 77.1 Å². The molecule has 1 N–H and O–H groups in total. The molecule has 1 aliphatic heterocycles. The highest BCUT2D eigenvalue weighted by molar-refractivity contribution is 5.80. The highest BCUT2D eigenvalue weighted by atomic mass is 19.1. The number of benzene rings is 3. The molecule has 3 aromatic rings. The molecular weight excluding hydrogens is 507 g/mol. The van der Waals surface area contributed by atoms with Crippen molar-refractivity contribution in [2.45, 2.75) is 19.2 Å². The van der Waals surface area contributed by atoms with E-state index in [0.717, 1.165) is 5.56 Å². The van der Waals surface area contributed by atoms with E-state index >= 15 is 0 Å². The molecule has 2 atom stereocenters. The van der Waals surface area contributed by atoms with E-state index in [1.165, 1.54) is 27.4 Å². The molecule has 0 bridgehead atoms. The molecule has 208 valence electrons. The van der Waals surface area contributed by atoms with E-state index in [9.17, 15) is 9.18 Å². The van der Waals surface area contributed by atoms with E-state index in [-0.39, 0.29) is 31.4 Å². The third-order valence-electron chi connectivity index (χ3n) is 6.63. The van der Waals surface area contributed by atoms with Gasteiger partial charge in [-0.2, -0.15) is 5.06 Å². The highest BCUT2D eigenvalue weighted by Gasteiger charge is 2.42. The second-order valence-corrected chi connectivity index (χ2v) is 8.88. The average molecular weight is 541 g/mol. The summed E-state index contributed by atoms with van der Waals surface area (Å²) in [6, 6.07) is 15.4. The Bertz CT molecular complexity index is 1300. The second kappa shape index (κ2) is 12.7. The van der Waals surface area contributed by atoms with E-state index < -0.39 is 12.0 Å². The number of ether oxygens (including phenoxy) is 5. The number of hydrogen-bond donors (Lipinski definition) is 1. The van der Waals surface area contributed by atoms with Crippen molar-refractivity contribution in [3.8, 4) is 28.7 Å². The average Bonchev–Trinajstić information content (AvgIpc) is 3.39. The van der Waals surface area contributed by atoms with Crippen molar-refractivity contribution < 1.29 is 37.7 Å². The lowest BCUT2D eigenvalue weighted by Gasteiger charge is -2.22. The van der Waals surface area contributed by atoms with Crippen molar-refractivity contribution in [3.63, 3.8) is 0 Å². The van der Waals surface area contributed by atoms with Crippen LogP contribution in [0.4, 0.5) is 4.39 Å². The van der Waals surface area contributed by atoms with Gasteiger partial charge in [-0.25, -0.2) is 4.39 Å². The van der Waals surface area contributed by atoms with Gasteiger partial charge in [0.25, 0.3) is 0 Å². The van der Waals surface area contributed by atoms with Crippen LogP contribution in [0.3, 0.4) is 0 Å². The minimum atomic E-state index is -0.725. The van der Waals surface area contributed by atoms with Crippen LogP contribution >= 0.6 is 0 Å². The summed E-state index contributed by atoms with van der Waals surface area (Å²) < 4.78 is 41.7. The number of hydrogen-bond acceptors (Lipinski definition) is 8. The fourth-order valence-corrected chi connectivity index (χ4v) is 4.66. The number of nitrogens with zero attached hydrogens (tertiary/aromatic N) is 1. The van der Waals surface area contributed by atoms with Crippen LogP contribution in [0.15, 0.2) is 54.6 Å².